The SMILES string of the molecule is CCCCNC(=O)NCC(=O)N1CCC2CCCCC2C1. The summed E-state index contributed by atoms with van der Waals surface area (Å²) in [6, 6.07) is -0.232. The minimum Gasteiger partial charge on any atom is -0.341 e. The van der Waals surface area contributed by atoms with E-state index in [2.05, 4.69) is 17.6 Å². The molecular weight excluding hydrogens is 266 g/mol. The van der Waals surface area contributed by atoms with E-state index in [0.29, 0.717) is 12.5 Å². The Morgan fingerprint density at radius 3 is 2.62 bits per heavy atom. The van der Waals surface area contributed by atoms with Crippen LogP contribution in [0.5, 0.6) is 0 Å². The van der Waals surface area contributed by atoms with Gasteiger partial charge in [-0.25, -0.2) is 4.79 Å². The van der Waals surface area contributed by atoms with Gasteiger partial charge in [0.25, 0.3) is 0 Å². The van der Waals surface area contributed by atoms with Gasteiger partial charge in [-0.3, -0.25) is 4.79 Å². The van der Waals surface area contributed by atoms with Crippen LogP contribution in [-0.4, -0.2) is 43.0 Å². The van der Waals surface area contributed by atoms with Crippen molar-refractivity contribution in [3.63, 3.8) is 0 Å². The lowest BCUT2D eigenvalue weighted by molar-refractivity contribution is -0.133. The van der Waals surface area contributed by atoms with Crippen molar-refractivity contribution >= 4 is 11.9 Å². The van der Waals surface area contributed by atoms with E-state index in [1.54, 1.807) is 0 Å². The maximum atomic E-state index is 12.2. The molecule has 3 amide bonds. The van der Waals surface area contributed by atoms with Gasteiger partial charge in [-0.2, -0.15) is 0 Å². The van der Waals surface area contributed by atoms with Gasteiger partial charge in [0.2, 0.25) is 5.91 Å². The molecule has 0 spiro atoms. The summed E-state index contributed by atoms with van der Waals surface area (Å²) in [7, 11) is 0. The molecule has 21 heavy (non-hydrogen) atoms. The molecule has 0 aromatic rings. The molecule has 2 N–H and O–H groups in total. The molecule has 0 radical (unpaired) electrons. The highest BCUT2D eigenvalue weighted by atomic mass is 16.2. The number of carbonyl (C=O) groups excluding carboxylic acids is 2. The Kier molecular flexibility index (Phi) is 6.33. The lowest BCUT2D eigenvalue weighted by atomic mass is 9.75. The number of fused-ring (bicyclic) bond motifs is 1. The smallest absolute Gasteiger partial charge is 0.315 e. The monoisotopic (exact) mass is 295 g/mol. The van der Waals surface area contributed by atoms with E-state index in [1.165, 1.54) is 25.7 Å². The number of carbonyl (C=O) groups is 2. The molecule has 1 saturated carbocycles. The number of nitrogens with zero attached hydrogens (tertiary/aromatic N) is 1. The van der Waals surface area contributed by atoms with Crippen molar-refractivity contribution in [2.45, 2.75) is 51.9 Å². The first-order valence-electron chi connectivity index (χ1n) is 8.50. The van der Waals surface area contributed by atoms with Crippen LogP contribution in [0, 0.1) is 11.8 Å². The van der Waals surface area contributed by atoms with Gasteiger partial charge in [-0.1, -0.05) is 32.6 Å². The van der Waals surface area contributed by atoms with Crippen LogP contribution in [0.15, 0.2) is 0 Å². The summed E-state index contributed by atoms with van der Waals surface area (Å²) >= 11 is 0. The molecule has 1 aliphatic carbocycles. The Morgan fingerprint density at radius 2 is 1.86 bits per heavy atom. The maximum absolute atomic E-state index is 12.2. The topological polar surface area (TPSA) is 61.4 Å². The first-order valence-corrected chi connectivity index (χ1v) is 8.50. The molecular formula is C16H29N3O2. The molecule has 1 heterocycles. The first-order chi connectivity index (χ1) is 10.2. The molecule has 2 atom stereocenters. The fraction of sp³-hybridized carbons (Fsp3) is 0.875. The summed E-state index contributed by atoms with van der Waals surface area (Å²) in [5.74, 6) is 1.58. The third kappa shape index (κ3) is 4.90. The molecule has 1 aliphatic heterocycles. The second-order valence-corrected chi connectivity index (χ2v) is 6.40. The number of hydrogen-bond donors (Lipinski definition) is 2. The number of urea groups is 1. The molecule has 2 aliphatic rings. The van der Waals surface area contributed by atoms with E-state index in [9.17, 15) is 9.59 Å². The van der Waals surface area contributed by atoms with Crippen LogP contribution >= 0.6 is 0 Å². The second-order valence-electron chi connectivity index (χ2n) is 6.40. The van der Waals surface area contributed by atoms with Crippen LogP contribution < -0.4 is 10.6 Å². The molecule has 1 saturated heterocycles. The van der Waals surface area contributed by atoms with Gasteiger partial charge >= 0.3 is 6.03 Å². The highest BCUT2D eigenvalue weighted by Crippen LogP contribution is 2.35. The van der Waals surface area contributed by atoms with Crippen molar-refractivity contribution in [2.75, 3.05) is 26.2 Å². The predicted octanol–water partition coefficient (Wildman–Crippen LogP) is 2.12. The van der Waals surface area contributed by atoms with E-state index >= 15 is 0 Å². The fourth-order valence-corrected chi connectivity index (χ4v) is 3.54. The normalized spacial score (nSPS) is 25.1. The molecule has 2 unspecified atom stereocenters. The summed E-state index contributed by atoms with van der Waals surface area (Å²) in [5.41, 5.74) is 0. The molecule has 2 fully saturated rings. The zero-order chi connectivity index (χ0) is 15.1. The van der Waals surface area contributed by atoms with Crippen molar-refractivity contribution in [2.24, 2.45) is 11.8 Å². The number of hydrogen-bond acceptors (Lipinski definition) is 2. The molecule has 0 aromatic carbocycles. The van der Waals surface area contributed by atoms with Crippen molar-refractivity contribution < 1.29 is 9.59 Å². The van der Waals surface area contributed by atoms with Crippen LogP contribution in [0.3, 0.4) is 0 Å². The lowest BCUT2D eigenvalue weighted by Gasteiger charge is -2.41. The lowest BCUT2D eigenvalue weighted by Crippen LogP contribution is -2.49. The second kappa shape index (κ2) is 8.25. The summed E-state index contributed by atoms with van der Waals surface area (Å²) in [6.45, 7) is 4.62. The van der Waals surface area contributed by atoms with Gasteiger partial charge in [0.05, 0.1) is 6.54 Å². The molecule has 5 nitrogen and oxygen atoms in total. The summed E-state index contributed by atoms with van der Waals surface area (Å²) < 4.78 is 0. The number of amides is 3. The largest absolute Gasteiger partial charge is 0.341 e. The zero-order valence-electron chi connectivity index (χ0n) is 13.2. The standard InChI is InChI=1S/C16H29N3O2/c1-2-3-9-17-16(21)18-11-15(20)19-10-8-13-6-4-5-7-14(13)12-19/h13-14H,2-12H2,1H3,(H2,17,18,21). The van der Waals surface area contributed by atoms with Crippen molar-refractivity contribution in [1.82, 2.24) is 15.5 Å². The van der Waals surface area contributed by atoms with Gasteiger partial charge in [0.15, 0.2) is 0 Å². The van der Waals surface area contributed by atoms with Crippen LogP contribution in [0.1, 0.15) is 51.9 Å². The Balaban J connectivity index is 1.67. The highest BCUT2D eigenvalue weighted by Gasteiger charge is 2.32. The van der Waals surface area contributed by atoms with Crippen LogP contribution in [0.2, 0.25) is 0 Å². The maximum Gasteiger partial charge on any atom is 0.315 e. The van der Waals surface area contributed by atoms with E-state index in [4.69, 9.17) is 0 Å². The van der Waals surface area contributed by atoms with Gasteiger partial charge in [0, 0.05) is 19.6 Å². The van der Waals surface area contributed by atoms with Gasteiger partial charge in [-0.15, -0.1) is 0 Å². The average molecular weight is 295 g/mol. The van der Waals surface area contributed by atoms with Gasteiger partial charge in [-0.05, 0) is 31.1 Å². The molecule has 0 aromatic heterocycles. The Labute approximate surface area is 127 Å². The number of nitrogens with one attached hydrogen (secondary N) is 2. The first kappa shape index (κ1) is 16.1. The minimum absolute atomic E-state index is 0.0599. The van der Waals surface area contributed by atoms with Crippen LogP contribution in [0.25, 0.3) is 0 Å². The summed E-state index contributed by atoms with van der Waals surface area (Å²) in [6.07, 6.45) is 8.42. The average Bonchev–Trinajstić information content (AvgIpc) is 2.52. The zero-order valence-corrected chi connectivity index (χ0v) is 13.2. The Bertz CT molecular complexity index is 359. The number of unbranched alkanes of at least 4 members (excludes halogenated alkanes) is 1. The van der Waals surface area contributed by atoms with Crippen molar-refractivity contribution in [3.05, 3.63) is 0 Å². The quantitative estimate of drug-likeness (QED) is 0.763. The molecule has 5 heteroatoms. The number of likely N-dealkylation sites (tertiary alicyclic amines) is 1. The summed E-state index contributed by atoms with van der Waals surface area (Å²) in [4.78, 5) is 25.7. The number of piperidine rings is 1. The fourth-order valence-electron chi connectivity index (χ4n) is 3.54. The molecule has 0 bridgehead atoms. The molecule has 120 valence electrons. The van der Waals surface area contributed by atoms with E-state index < -0.39 is 0 Å². The minimum atomic E-state index is -0.232. The third-order valence-corrected chi connectivity index (χ3v) is 4.86. The van der Waals surface area contributed by atoms with Gasteiger partial charge < -0.3 is 15.5 Å². The van der Waals surface area contributed by atoms with Crippen molar-refractivity contribution in [3.8, 4) is 0 Å². The number of rotatable bonds is 5. The predicted molar refractivity (Wildman–Crippen MR) is 83.0 cm³/mol. The van der Waals surface area contributed by atoms with E-state index in [1.807, 2.05) is 4.90 Å². The van der Waals surface area contributed by atoms with Gasteiger partial charge in [0.1, 0.15) is 0 Å². The highest BCUT2D eigenvalue weighted by molar-refractivity contribution is 5.84. The van der Waals surface area contributed by atoms with Crippen molar-refractivity contribution in [1.29, 1.82) is 0 Å². The van der Waals surface area contributed by atoms with Crippen LogP contribution in [-0.2, 0) is 4.79 Å². The van der Waals surface area contributed by atoms with E-state index in [-0.39, 0.29) is 18.5 Å². The van der Waals surface area contributed by atoms with Crippen LogP contribution in [0.4, 0.5) is 4.79 Å². The Morgan fingerprint density at radius 1 is 1.10 bits per heavy atom. The van der Waals surface area contributed by atoms with E-state index in [0.717, 1.165) is 38.3 Å². The summed E-state index contributed by atoms with van der Waals surface area (Å²) in [5, 5.41) is 5.44. The third-order valence-electron chi connectivity index (χ3n) is 4.86. The molecule has 2 rings (SSSR count). The Hall–Kier alpha value is -1.26.